The number of halogens is 2. The van der Waals surface area contributed by atoms with Crippen molar-refractivity contribution in [1.82, 2.24) is 4.72 Å². The van der Waals surface area contributed by atoms with Gasteiger partial charge in [0.05, 0.1) is 17.8 Å². The molecule has 1 aliphatic rings. The maximum Gasteiger partial charge on any atom is 0.244 e. The number of sulfonamides is 1. The third-order valence-electron chi connectivity index (χ3n) is 3.77. The van der Waals surface area contributed by atoms with Crippen molar-refractivity contribution in [3.8, 4) is 0 Å². The Kier molecular flexibility index (Phi) is 5.36. The first-order chi connectivity index (χ1) is 9.80. The van der Waals surface area contributed by atoms with E-state index in [0.29, 0.717) is 21.8 Å². The average molecular weight is 442 g/mol. The van der Waals surface area contributed by atoms with Gasteiger partial charge in [-0.25, -0.2) is 13.1 Å². The summed E-state index contributed by atoms with van der Waals surface area (Å²) in [6.07, 6.45) is 4.14. The first-order valence-corrected chi connectivity index (χ1v) is 9.76. The minimum atomic E-state index is -3.81. The molecule has 1 aromatic carbocycles. The number of hydrogen-bond acceptors (Lipinski definition) is 4. The summed E-state index contributed by atoms with van der Waals surface area (Å²) >= 11 is 6.52. The molecule has 0 aliphatic heterocycles. The molecule has 1 aliphatic carbocycles. The average Bonchev–Trinajstić information content (AvgIpc) is 2.37. The van der Waals surface area contributed by atoms with E-state index in [1.54, 1.807) is 12.1 Å². The molecule has 0 aromatic heterocycles. The number of anilines is 1. The number of benzene rings is 1. The van der Waals surface area contributed by atoms with Crippen molar-refractivity contribution in [2.75, 3.05) is 12.3 Å². The van der Waals surface area contributed by atoms with Gasteiger partial charge < -0.3 is 10.8 Å². The molecular weight excluding hydrogens is 424 g/mol. The predicted molar refractivity (Wildman–Crippen MR) is 89.5 cm³/mol. The summed E-state index contributed by atoms with van der Waals surface area (Å²) in [6.45, 7) is -0.208. The summed E-state index contributed by atoms with van der Waals surface area (Å²) in [4.78, 5) is 0.0177. The van der Waals surface area contributed by atoms with E-state index in [9.17, 15) is 13.5 Å². The van der Waals surface area contributed by atoms with Gasteiger partial charge in [0, 0.05) is 8.95 Å². The molecule has 0 radical (unpaired) electrons. The van der Waals surface area contributed by atoms with Crippen LogP contribution < -0.4 is 10.5 Å². The zero-order chi connectivity index (χ0) is 15.7. The highest BCUT2D eigenvalue weighted by molar-refractivity contribution is 9.11. The molecule has 0 amide bonds. The number of nitrogen functional groups attached to an aromatic ring is 1. The lowest BCUT2D eigenvalue weighted by molar-refractivity contribution is 0.142. The fourth-order valence-electron chi connectivity index (χ4n) is 2.72. The van der Waals surface area contributed by atoms with Crippen molar-refractivity contribution in [1.29, 1.82) is 0 Å². The third kappa shape index (κ3) is 3.79. The van der Waals surface area contributed by atoms with Crippen LogP contribution in [0.2, 0.25) is 0 Å². The Morgan fingerprint density at radius 3 is 2.38 bits per heavy atom. The molecule has 5 nitrogen and oxygen atoms in total. The van der Waals surface area contributed by atoms with Gasteiger partial charge in [-0.2, -0.15) is 0 Å². The van der Waals surface area contributed by atoms with Crippen LogP contribution in [0.1, 0.15) is 32.1 Å². The van der Waals surface area contributed by atoms with Gasteiger partial charge in [-0.15, -0.1) is 0 Å². The fraction of sp³-hybridized carbons (Fsp3) is 0.538. The van der Waals surface area contributed by atoms with Gasteiger partial charge in [0.15, 0.2) is 0 Å². The highest BCUT2D eigenvalue weighted by Crippen LogP contribution is 2.34. The molecule has 118 valence electrons. The van der Waals surface area contributed by atoms with E-state index < -0.39 is 15.6 Å². The van der Waals surface area contributed by atoms with Gasteiger partial charge in [0.1, 0.15) is 4.90 Å². The van der Waals surface area contributed by atoms with Crippen LogP contribution in [0.25, 0.3) is 0 Å². The Morgan fingerprint density at radius 2 is 1.86 bits per heavy atom. The van der Waals surface area contributed by atoms with Crippen LogP contribution in [-0.4, -0.2) is 25.7 Å². The molecule has 8 heteroatoms. The Balaban J connectivity index is 2.38. The van der Waals surface area contributed by atoms with Gasteiger partial charge in [0.2, 0.25) is 10.0 Å². The van der Waals surface area contributed by atoms with Crippen LogP contribution in [0.3, 0.4) is 0 Å². The smallest absolute Gasteiger partial charge is 0.244 e. The largest absolute Gasteiger partial charge is 0.398 e. The van der Waals surface area contributed by atoms with E-state index in [-0.39, 0.29) is 17.2 Å². The number of nitrogens with one attached hydrogen (secondary N) is 1. The summed E-state index contributed by atoms with van der Waals surface area (Å²) < 4.78 is 29.1. The molecule has 21 heavy (non-hydrogen) atoms. The van der Waals surface area contributed by atoms with Gasteiger partial charge in [-0.05, 0) is 40.9 Å². The third-order valence-corrected chi connectivity index (χ3v) is 6.81. The second-order valence-corrected chi connectivity index (χ2v) is 8.80. The molecular formula is C13H18Br2N2O3S. The minimum Gasteiger partial charge on any atom is -0.398 e. The highest BCUT2D eigenvalue weighted by atomic mass is 79.9. The molecule has 0 saturated heterocycles. The van der Waals surface area contributed by atoms with Crippen molar-refractivity contribution in [3.05, 3.63) is 21.1 Å². The van der Waals surface area contributed by atoms with E-state index >= 15 is 0 Å². The number of nitrogens with two attached hydrogens (primary N) is 1. The van der Waals surface area contributed by atoms with E-state index in [1.165, 1.54) is 0 Å². The molecule has 0 bridgehead atoms. The monoisotopic (exact) mass is 440 g/mol. The first-order valence-electron chi connectivity index (χ1n) is 6.69. The Morgan fingerprint density at radius 1 is 1.24 bits per heavy atom. The van der Waals surface area contributed by atoms with Gasteiger partial charge >= 0.3 is 0 Å². The molecule has 0 heterocycles. The van der Waals surface area contributed by atoms with Gasteiger partial charge in [0.25, 0.3) is 0 Å². The zero-order valence-corrected chi connectivity index (χ0v) is 15.4. The summed E-state index contributed by atoms with van der Waals surface area (Å²) in [6, 6.07) is 3.18. The van der Waals surface area contributed by atoms with Gasteiger partial charge in [-0.3, -0.25) is 0 Å². The summed E-state index contributed by atoms with van der Waals surface area (Å²) in [5.74, 6) is 0. The maximum atomic E-state index is 12.7. The van der Waals surface area contributed by atoms with E-state index in [0.717, 1.165) is 19.3 Å². The second-order valence-electron chi connectivity index (χ2n) is 5.41. The van der Waals surface area contributed by atoms with E-state index in [4.69, 9.17) is 5.73 Å². The lowest BCUT2D eigenvalue weighted by atomic mass is 9.83. The van der Waals surface area contributed by atoms with Crippen molar-refractivity contribution in [2.45, 2.75) is 42.5 Å². The highest BCUT2D eigenvalue weighted by Gasteiger charge is 2.37. The quantitative estimate of drug-likeness (QED) is 0.626. The first kappa shape index (κ1) is 17.2. The van der Waals surface area contributed by atoms with Crippen molar-refractivity contribution in [3.63, 3.8) is 0 Å². The second kappa shape index (κ2) is 6.54. The fourth-order valence-corrected chi connectivity index (χ4v) is 6.24. The van der Waals surface area contributed by atoms with Crippen molar-refractivity contribution in [2.24, 2.45) is 0 Å². The minimum absolute atomic E-state index is 0.0177. The number of hydrogen-bond donors (Lipinski definition) is 3. The molecule has 2 rings (SSSR count). The molecule has 0 spiro atoms. The number of aliphatic hydroxyl groups excluding tert-OH is 1. The lowest BCUT2D eigenvalue weighted by Crippen LogP contribution is -2.52. The number of rotatable bonds is 4. The lowest BCUT2D eigenvalue weighted by Gasteiger charge is -2.36. The topological polar surface area (TPSA) is 92.4 Å². The molecule has 1 aromatic rings. The van der Waals surface area contributed by atoms with Crippen LogP contribution in [0, 0.1) is 0 Å². The molecule has 0 atom stereocenters. The SMILES string of the molecule is Nc1cc(Br)cc(Br)c1S(=O)(=O)NC1(CO)CCCCC1. The van der Waals surface area contributed by atoms with Crippen LogP contribution in [0.15, 0.2) is 26.0 Å². The number of aliphatic hydroxyl groups is 1. The van der Waals surface area contributed by atoms with Gasteiger partial charge in [-0.1, -0.05) is 35.2 Å². The Labute approximate surface area is 141 Å². The van der Waals surface area contributed by atoms with Crippen LogP contribution in [0.5, 0.6) is 0 Å². The molecule has 1 fully saturated rings. The van der Waals surface area contributed by atoms with E-state index in [2.05, 4.69) is 36.6 Å². The Bertz CT molecular complexity index is 605. The maximum absolute atomic E-state index is 12.7. The standard InChI is InChI=1S/C13H18Br2N2O3S/c14-9-6-10(15)12(11(16)7-9)21(19,20)17-13(8-18)4-2-1-3-5-13/h6-7,17-18H,1-5,8,16H2. The Hall–Kier alpha value is -0.150. The summed E-state index contributed by atoms with van der Waals surface area (Å²) in [5, 5.41) is 9.66. The van der Waals surface area contributed by atoms with Crippen LogP contribution in [0.4, 0.5) is 5.69 Å². The normalized spacial score (nSPS) is 18.6. The van der Waals surface area contributed by atoms with Crippen molar-refractivity contribution >= 4 is 47.6 Å². The van der Waals surface area contributed by atoms with Crippen LogP contribution >= 0.6 is 31.9 Å². The van der Waals surface area contributed by atoms with Crippen molar-refractivity contribution < 1.29 is 13.5 Å². The molecule has 4 N–H and O–H groups in total. The predicted octanol–water partition coefficient (Wildman–Crippen LogP) is 2.77. The molecule has 0 unspecified atom stereocenters. The summed E-state index contributed by atoms with van der Waals surface area (Å²) in [7, 11) is -3.81. The zero-order valence-electron chi connectivity index (χ0n) is 11.4. The van der Waals surface area contributed by atoms with Crippen LogP contribution in [-0.2, 0) is 10.0 Å². The van der Waals surface area contributed by atoms with E-state index in [1.807, 2.05) is 0 Å². The molecule has 1 saturated carbocycles. The summed E-state index contributed by atoms with van der Waals surface area (Å²) in [5.41, 5.74) is 5.23.